The molecule has 0 bridgehead atoms. The molecule has 0 radical (unpaired) electrons. The maximum Gasteiger partial charge on any atom is 0.234 e. The molecule has 1 heterocycles. The van der Waals surface area contributed by atoms with E-state index in [1.165, 1.54) is 0 Å². The first-order valence-electron chi connectivity index (χ1n) is 7.00. The second kappa shape index (κ2) is 6.39. The summed E-state index contributed by atoms with van der Waals surface area (Å²) < 4.78 is 10.3. The fourth-order valence-electron chi connectivity index (χ4n) is 2.24. The first-order valence-corrected chi connectivity index (χ1v) is 7.36. The van der Waals surface area contributed by atoms with Crippen molar-refractivity contribution in [3.63, 3.8) is 0 Å². The van der Waals surface area contributed by atoms with E-state index in [2.05, 4.69) is 34.6 Å². The number of oxime groups is 1. The zero-order valence-corrected chi connectivity index (χ0v) is 13.4. The molecule has 0 aromatic heterocycles. The predicted molar refractivity (Wildman–Crippen MR) is 85.8 cm³/mol. The SMILES string of the molecule is CCCCC(=NOS)Oc1ccc2c(c1)C(C)(C)C(=O)N2. The maximum atomic E-state index is 11.9. The van der Waals surface area contributed by atoms with Gasteiger partial charge < -0.3 is 14.3 Å². The lowest BCUT2D eigenvalue weighted by atomic mass is 9.86. The number of anilines is 1. The number of fused-ring (bicyclic) bond motifs is 1. The molecule has 1 N–H and O–H groups in total. The number of nitrogens with zero attached hydrogens (tertiary/aromatic N) is 1. The molecular weight excluding hydrogens is 288 g/mol. The summed E-state index contributed by atoms with van der Waals surface area (Å²) in [5.41, 5.74) is 1.19. The minimum atomic E-state index is -0.560. The Balaban J connectivity index is 2.21. The van der Waals surface area contributed by atoms with Gasteiger partial charge in [-0.25, -0.2) is 0 Å². The molecule has 1 aromatic rings. The molecule has 0 unspecified atom stereocenters. The average molecular weight is 308 g/mol. The van der Waals surface area contributed by atoms with Gasteiger partial charge in [-0.3, -0.25) is 4.79 Å². The third kappa shape index (κ3) is 3.32. The Morgan fingerprint density at radius 1 is 1.43 bits per heavy atom. The largest absolute Gasteiger partial charge is 0.440 e. The number of thiol groups is 1. The highest BCUT2D eigenvalue weighted by Gasteiger charge is 2.38. The van der Waals surface area contributed by atoms with Gasteiger partial charge in [-0.1, -0.05) is 13.3 Å². The highest BCUT2D eigenvalue weighted by Crippen LogP contribution is 2.39. The normalized spacial score (nSPS) is 16.4. The van der Waals surface area contributed by atoms with Crippen molar-refractivity contribution >= 4 is 30.4 Å². The van der Waals surface area contributed by atoms with Gasteiger partial charge in [0.25, 0.3) is 0 Å². The van der Waals surface area contributed by atoms with E-state index >= 15 is 0 Å². The lowest BCUT2D eigenvalue weighted by Crippen LogP contribution is -2.26. The fraction of sp³-hybridized carbons (Fsp3) is 0.467. The molecule has 1 aromatic carbocycles. The summed E-state index contributed by atoms with van der Waals surface area (Å²) in [5.74, 6) is 1.11. The number of carbonyl (C=O) groups is 1. The van der Waals surface area contributed by atoms with Crippen molar-refractivity contribution in [2.75, 3.05) is 5.32 Å². The van der Waals surface area contributed by atoms with E-state index in [-0.39, 0.29) is 5.91 Å². The molecule has 0 fully saturated rings. The quantitative estimate of drug-likeness (QED) is 0.287. The number of rotatable bonds is 5. The van der Waals surface area contributed by atoms with Gasteiger partial charge in [0.15, 0.2) is 0 Å². The van der Waals surface area contributed by atoms with Crippen LogP contribution in [-0.4, -0.2) is 11.8 Å². The third-order valence-electron chi connectivity index (χ3n) is 3.60. The molecule has 0 spiro atoms. The predicted octanol–water partition coefficient (Wildman–Crippen LogP) is 3.66. The van der Waals surface area contributed by atoms with Crippen LogP contribution >= 0.6 is 12.9 Å². The van der Waals surface area contributed by atoms with E-state index in [1.54, 1.807) is 6.07 Å². The summed E-state index contributed by atoms with van der Waals surface area (Å²) >= 11 is 3.63. The van der Waals surface area contributed by atoms with Crippen LogP contribution in [0.4, 0.5) is 5.69 Å². The molecule has 114 valence electrons. The van der Waals surface area contributed by atoms with E-state index in [0.717, 1.165) is 24.1 Å². The van der Waals surface area contributed by atoms with Crippen LogP contribution in [0.25, 0.3) is 0 Å². The van der Waals surface area contributed by atoms with Crippen LogP contribution in [-0.2, 0) is 14.5 Å². The minimum Gasteiger partial charge on any atom is -0.440 e. The van der Waals surface area contributed by atoms with E-state index in [9.17, 15) is 4.79 Å². The van der Waals surface area contributed by atoms with Crippen molar-refractivity contribution in [3.8, 4) is 5.75 Å². The zero-order valence-electron chi connectivity index (χ0n) is 12.5. The molecule has 0 saturated heterocycles. The summed E-state index contributed by atoms with van der Waals surface area (Å²) in [7, 11) is 0. The summed E-state index contributed by atoms with van der Waals surface area (Å²) in [6, 6.07) is 5.52. The standard InChI is InChI=1S/C15H20N2O3S/c1-4-5-6-13(17-20-21)19-10-7-8-12-11(9-10)15(2,3)14(18)16-12/h7-9,21H,4-6H2,1-3H3,(H,16,18). The summed E-state index contributed by atoms with van der Waals surface area (Å²) in [5, 5.41) is 6.64. The van der Waals surface area contributed by atoms with Crippen LogP contribution in [0.15, 0.2) is 23.4 Å². The van der Waals surface area contributed by atoms with Gasteiger partial charge in [0, 0.05) is 12.1 Å². The number of hydrogen-bond acceptors (Lipinski definition) is 5. The van der Waals surface area contributed by atoms with Crippen LogP contribution in [0.5, 0.6) is 5.75 Å². The van der Waals surface area contributed by atoms with Crippen molar-refractivity contribution in [2.24, 2.45) is 5.16 Å². The molecule has 0 atom stereocenters. The lowest BCUT2D eigenvalue weighted by Gasteiger charge is -2.16. The first kappa shape index (κ1) is 15.7. The molecule has 5 nitrogen and oxygen atoms in total. The van der Waals surface area contributed by atoms with Crippen molar-refractivity contribution in [3.05, 3.63) is 23.8 Å². The Morgan fingerprint density at radius 2 is 2.19 bits per heavy atom. The fourth-order valence-corrected chi connectivity index (χ4v) is 2.33. The lowest BCUT2D eigenvalue weighted by molar-refractivity contribution is -0.119. The number of ether oxygens (including phenoxy) is 1. The second-order valence-electron chi connectivity index (χ2n) is 5.56. The van der Waals surface area contributed by atoms with Crippen LogP contribution in [0.1, 0.15) is 45.6 Å². The first-order chi connectivity index (χ1) is 9.98. The number of hydrogen-bond donors (Lipinski definition) is 2. The van der Waals surface area contributed by atoms with Gasteiger partial charge in [-0.05, 0) is 49.2 Å². The highest BCUT2D eigenvalue weighted by molar-refractivity contribution is 7.75. The number of nitrogens with one attached hydrogen (secondary N) is 1. The minimum absolute atomic E-state index is 0.00628. The van der Waals surface area contributed by atoms with Crippen molar-refractivity contribution < 1.29 is 13.8 Å². The Hall–Kier alpha value is -1.69. The average Bonchev–Trinajstić information content (AvgIpc) is 2.67. The van der Waals surface area contributed by atoms with Gasteiger partial charge in [0.05, 0.1) is 18.3 Å². The molecule has 0 aliphatic carbocycles. The van der Waals surface area contributed by atoms with E-state index in [4.69, 9.17) is 4.74 Å². The smallest absolute Gasteiger partial charge is 0.234 e. The molecule has 1 aliphatic heterocycles. The van der Waals surface area contributed by atoms with Gasteiger partial charge >= 0.3 is 0 Å². The van der Waals surface area contributed by atoms with Crippen LogP contribution in [0.3, 0.4) is 0 Å². The van der Waals surface area contributed by atoms with Gasteiger partial charge in [0.1, 0.15) is 5.75 Å². The zero-order chi connectivity index (χ0) is 15.5. The summed E-state index contributed by atoms with van der Waals surface area (Å²) in [4.78, 5) is 11.9. The Bertz CT molecular complexity index is 570. The Labute approximate surface area is 130 Å². The number of amides is 1. The van der Waals surface area contributed by atoms with Crippen LogP contribution < -0.4 is 10.1 Å². The summed E-state index contributed by atoms with van der Waals surface area (Å²) in [6.07, 6.45) is 2.66. The Morgan fingerprint density at radius 3 is 2.86 bits per heavy atom. The van der Waals surface area contributed by atoms with Gasteiger partial charge in [-0.2, -0.15) is 0 Å². The monoisotopic (exact) mass is 308 g/mol. The third-order valence-corrected chi connectivity index (χ3v) is 3.68. The number of benzene rings is 1. The maximum absolute atomic E-state index is 11.9. The van der Waals surface area contributed by atoms with Gasteiger partial charge in [0.2, 0.25) is 11.8 Å². The van der Waals surface area contributed by atoms with Crippen LogP contribution in [0.2, 0.25) is 0 Å². The van der Waals surface area contributed by atoms with E-state index in [1.807, 2.05) is 26.0 Å². The topological polar surface area (TPSA) is 59.9 Å². The molecule has 21 heavy (non-hydrogen) atoms. The second-order valence-corrected chi connectivity index (χ2v) is 5.72. The summed E-state index contributed by atoms with van der Waals surface area (Å²) in [6.45, 7) is 5.87. The molecular formula is C15H20N2O3S. The van der Waals surface area contributed by atoms with Crippen LogP contribution in [0, 0.1) is 0 Å². The van der Waals surface area contributed by atoms with Gasteiger partial charge in [-0.15, -0.1) is 0 Å². The molecule has 1 amide bonds. The Kier molecular flexibility index (Phi) is 4.77. The molecule has 1 aliphatic rings. The highest BCUT2D eigenvalue weighted by atomic mass is 32.1. The van der Waals surface area contributed by atoms with Crippen molar-refractivity contribution in [1.82, 2.24) is 0 Å². The van der Waals surface area contributed by atoms with E-state index in [0.29, 0.717) is 18.1 Å². The number of carbonyl (C=O) groups excluding carboxylic acids is 1. The van der Waals surface area contributed by atoms with Crippen molar-refractivity contribution in [2.45, 2.75) is 45.4 Å². The van der Waals surface area contributed by atoms with Crippen molar-refractivity contribution in [1.29, 1.82) is 0 Å². The number of unbranched alkanes of at least 4 members (excludes halogenated alkanes) is 1. The molecule has 6 heteroatoms. The van der Waals surface area contributed by atoms with E-state index < -0.39 is 5.41 Å². The molecule has 2 rings (SSSR count). The molecule has 0 saturated carbocycles.